The summed E-state index contributed by atoms with van der Waals surface area (Å²) in [6.45, 7) is 4.42. The first kappa shape index (κ1) is 19.9. The smallest absolute Gasteiger partial charge is 0.191 e. The fourth-order valence-corrected chi connectivity index (χ4v) is 3.14. The molecule has 0 amide bonds. The maximum absolute atomic E-state index is 11.2. The first-order chi connectivity index (χ1) is 12.3. The Bertz CT molecular complexity index is 842. The zero-order valence-corrected chi connectivity index (χ0v) is 16.4. The minimum absolute atomic E-state index is 0.000595. The number of aromatic nitrogens is 3. The van der Waals surface area contributed by atoms with E-state index in [1.165, 1.54) is 6.26 Å². The van der Waals surface area contributed by atoms with E-state index in [4.69, 9.17) is 0 Å². The Morgan fingerprint density at radius 3 is 2.65 bits per heavy atom. The van der Waals surface area contributed by atoms with Crippen LogP contribution in [0.5, 0.6) is 0 Å². The first-order valence-electron chi connectivity index (χ1n) is 8.38. The predicted molar refractivity (Wildman–Crippen MR) is 103 cm³/mol. The number of nitrogens with one attached hydrogen (secondary N) is 2. The van der Waals surface area contributed by atoms with E-state index in [1.807, 2.05) is 42.9 Å². The van der Waals surface area contributed by atoms with E-state index in [9.17, 15) is 8.42 Å². The Morgan fingerprint density at radius 2 is 2.12 bits per heavy atom. The van der Waals surface area contributed by atoms with Crippen LogP contribution in [0.3, 0.4) is 0 Å². The Morgan fingerprint density at radius 1 is 1.35 bits per heavy atom. The second-order valence-electron chi connectivity index (χ2n) is 6.26. The van der Waals surface area contributed by atoms with Crippen molar-refractivity contribution in [3.63, 3.8) is 0 Å². The standard InChI is InChI=1S/C17H26N6O2S/c1-13(7-10-26(4,24)25)22-17(18-3)21-12-15-5-6-16(20-11-15)23-9-8-19-14(23)2/h5-6,8-9,11,13H,7,10,12H2,1-4H3,(H2,18,21,22). The Kier molecular flexibility index (Phi) is 6.73. The van der Waals surface area contributed by atoms with Gasteiger partial charge >= 0.3 is 0 Å². The van der Waals surface area contributed by atoms with Gasteiger partial charge in [0.25, 0.3) is 0 Å². The molecular weight excluding hydrogens is 352 g/mol. The molecule has 1 atom stereocenters. The van der Waals surface area contributed by atoms with Crippen LogP contribution < -0.4 is 10.6 Å². The maximum atomic E-state index is 11.2. The number of guanidine groups is 1. The van der Waals surface area contributed by atoms with Gasteiger partial charge in [-0.25, -0.2) is 18.4 Å². The first-order valence-corrected chi connectivity index (χ1v) is 10.4. The van der Waals surface area contributed by atoms with Crippen LogP contribution in [0, 0.1) is 6.92 Å². The van der Waals surface area contributed by atoms with Gasteiger partial charge in [0.05, 0.1) is 5.75 Å². The van der Waals surface area contributed by atoms with Crippen molar-refractivity contribution in [2.75, 3.05) is 19.1 Å². The van der Waals surface area contributed by atoms with Crippen molar-refractivity contribution in [3.8, 4) is 5.82 Å². The molecule has 0 aliphatic heterocycles. The Hall–Kier alpha value is -2.42. The number of pyridine rings is 1. The summed E-state index contributed by atoms with van der Waals surface area (Å²) in [7, 11) is -1.28. The van der Waals surface area contributed by atoms with Gasteiger partial charge in [-0.1, -0.05) is 6.07 Å². The molecule has 0 aliphatic carbocycles. The zero-order valence-electron chi connectivity index (χ0n) is 15.6. The van der Waals surface area contributed by atoms with E-state index < -0.39 is 9.84 Å². The van der Waals surface area contributed by atoms with Crippen LogP contribution in [0.25, 0.3) is 5.82 Å². The quantitative estimate of drug-likeness (QED) is 0.552. The molecule has 0 aromatic carbocycles. The zero-order chi connectivity index (χ0) is 19.2. The lowest BCUT2D eigenvalue weighted by molar-refractivity contribution is 0.581. The maximum Gasteiger partial charge on any atom is 0.191 e. The molecule has 2 aromatic rings. The largest absolute Gasteiger partial charge is 0.354 e. The van der Waals surface area contributed by atoms with Crippen molar-refractivity contribution in [2.24, 2.45) is 4.99 Å². The van der Waals surface area contributed by atoms with Crippen LogP contribution in [-0.2, 0) is 16.4 Å². The molecule has 1 unspecified atom stereocenters. The van der Waals surface area contributed by atoms with Gasteiger partial charge in [-0.15, -0.1) is 0 Å². The van der Waals surface area contributed by atoms with E-state index >= 15 is 0 Å². The van der Waals surface area contributed by atoms with Gasteiger partial charge < -0.3 is 10.6 Å². The molecule has 26 heavy (non-hydrogen) atoms. The van der Waals surface area contributed by atoms with Crippen molar-refractivity contribution in [1.82, 2.24) is 25.2 Å². The van der Waals surface area contributed by atoms with Crippen LogP contribution in [0.2, 0.25) is 0 Å². The monoisotopic (exact) mass is 378 g/mol. The van der Waals surface area contributed by atoms with Gasteiger partial charge in [0, 0.05) is 44.5 Å². The van der Waals surface area contributed by atoms with Gasteiger partial charge in [0.15, 0.2) is 5.96 Å². The predicted octanol–water partition coefficient (Wildman–Crippen LogP) is 1.06. The SMILES string of the molecule is CN=C(NCc1ccc(-n2ccnc2C)nc1)NC(C)CCS(C)(=O)=O. The minimum Gasteiger partial charge on any atom is -0.354 e. The van der Waals surface area contributed by atoms with E-state index in [2.05, 4.69) is 25.6 Å². The Labute approximate surface area is 154 Å². The fraction of sp³-hybridized carbons (Fsp3) is 0.471. The normalized spacial score (nSPS) is 13.5. The van der Waals surface area contributed by atoms with Gasteiger partial charge in [0.2, 0.25) is 0 Å². The summed E-state index contributed by atoms with van der Waals surface area (Å²) in [5, 5.41) is 6.40. The van der Waals surface area contributed by atoms with Crippen LogP contribution in [0.15, 0.2) is 35.7 Å². The second-order valence-corrected chi connectivity index (χ2v) is 8.52. The summed E-state index contributed by atoms with van der Waals surface area (Å²) in [5.41, 5.74) is 1.01. The van der Waals surface area contributed by atoms with E-state index in [0.29, 0.717) is 18.9 Å². The number of sulfone groups is 1. The van der Waals surface area contributed by atoms with Gasteiger partial charge in [0.1, 0.15) is 21.5 Å². The average molecular weight is 379 g/mol. The Balaban J connectivity index is 1.87. The highest BCUT2D eigenvalue weighted by Gasteiger charge is 2.09. The minimum atomic E-state index is -2.96. The van der Waals surface area contributed by atoms with E-state index in [1.54, 1.807) is 13.2 Å². The van der Waals surface area contributed by atoms with Crippen molar-refractivity contribution in [3.05, 3.63) is 42.1 Å². The molecule has 0 spiro atoms. The fourth-order valence-electron chi connectivity index (χ4n) is 2.36. The molecule has 0 saturated carbocycles. The lowest BCUT2D eigenvalue weighted by Crippen LogP contribution is -2.42. The molecule has 8 nitrogen and oxygen atoms in total. The number of aryl methyl sites for hydroxylation is 1. The molecule has 0 fully saturated rings. The molecule has 0 saturated heterocycles. The molecule has 2 N–H and O–H groups in total. The summed E-state index contributed by atoms with van der Waals surface area (Å²) in [6.07, 6.45) is 7.20. The molecule has 2 heterocycles. The van der Waals surface area contributed by atoms with Gasteiger partial charge in [-0.2, -0.15) is 0 Å². The summed E-state index contributed by atoms with van der Waals surface area (Å²) < 4.78 is 24.4. The van der Waals surface area contributed by atoms with Crippen LogP contribution in [-0.4, -0.2) is 54.0 Å². The van der Waals surface area contributed by atoms with Crippen molar-refractivity contribution in [2.45, 2.75) is 32.9 Å². The summed E-state index contributed by atoms with van der Waals surface area (Å²) in [5.74, 6) is 2.48. The molecule has 0 radical (unpaired) electrons. The third-order valence-electron chi connectivity index (χ3n) is 3.87. The van der Waals surface area contributed by atoms with Crippen molar-refractivity contribution >= 4 is 15.8 Å². The van der Waals surface area contributed by atoms with Crippen LogP contribution in [0.4, 0.5) is 0 Å². The highest BCUT2D eigenvalue weighted by Crippen LogP contribution is 2.08. The lowest BCUT2D eigenvalue weighted by Gasteiger charge is -2.17. The third-order valence-corrected chi connectivity index (χ3v) is 4.85. The number of imidazole rings is 1. The molecular formula is C17H26N6O2S. The number of aliphatic imine (C=N–C) groups is 1. The summed E-state index contributed by atoms with van der Waals surface area (Å²) >= 11 is 0. The number of hydrogen-bond acceptors (Lipinski definition) is 5. The summed E-state index contributed by atoms with van der Waals surface area (Å²) in [4.78, 5) is 12.8. The third kappa shape index (κ3) is 6.14. The van der Waals surface area contributed by atoms with Gasteiger partial charge in [-0.05, 0) is 31.9 Å². The number of hydrogen-bond donors (Lipinski definition) is 2. The van der Waals surface area contributed by atoms with E-state index in [0.717, 1.165) is 17.2 Å². The molecule has 142 valence electrons. The van der Waals surface area contributed by atoms with Gasteiger partial charge in [-0.3, -0.25) is 9.56 Å². The lowest BCUT2D eigenvalue weighted by atomic mass is 10.2. The highest BCUT2D eigenvalue weighted by molar-refractivity contribution is 7.90. The van der Waals surface area contributed by atoms with E-state index in [-0.39, 0.29) is 11.8 Å². The number of rotatable bonds is 7. The topological polar surface area (TPSA) is 101 Å². The average Bonchev–Trinajstić information content (AvgIpc) is 3.02. The molecule has 0 bridgehead atoms. The van der Waals surface area contributed by atoms with Crippen LogP contribution in [0.1, 0.15) is 24.7 Å². The molecule has 2 aromatic heterocycles. The second kappa shape index (κ2) is 8.79. The number of nitrogens with zero attached hydrogens (tertiary/aromatic N) is 4. The van der Waals surface area contributed by atoms with Crippen molar-refractivity contribution in [1.29, 1.82) is 0 Å². The molecule has 9 heteroatoms. The highest BCUT2D eigenvalue weighted by atomic mass is 32.2. The molecule has 0 aliphatic rings. The summed E-state index contributed by atoms with van der Waals surface area (Å²) in [6, 6.07) is 3.94. The van der Waals surface area contributed by atoms with Crippen LogP contribution >= 0.6 is 0 Å². The molecule has 2 rings (SSSR count). The van der Waals surface area contributed by atoms with Crippen molar-refractivity contribution < 1.29 is 8.42 Å².